The fraction of sp³-hybridized carbons (Fsp3) is 0.250. The van der Waals surface area contributed by atoms with Crippen molar-refractivity contribution in [2.45, 2.75) is 31.2 Å². The van der Waals surface area contributed by atoms with Gasteiger partial charge in [-0.1, -0.05) is 18.2 Å². The summed E-state index contributed by atoms with van der Waals surface area (Å²) in [4.78, 5) is 11.4. The molecule has 2 aromatic carbocycles. The van der Waals surface area contributed by atoms with E-state index in [1.54, 1.807) is 24.3 Å². The lowest BCUT2D eigenvalue weighted by molar-refractivity contribution is -0.143. The van der Waals surface area contributed by atoms with Crippen LogP contribution >= 0.6 is 0 Å². The van der Waals surface area contributed by atoms with Gasteiger partial charge < -0.3 is 10.8 Å². The number of aromatic nitrogens is 1. The Hall–Kier alpha value is -3.01. The molecule has 0 saturated heterocycles. The van der Waals surface area contributed by atoms with Crippen LogP contribution in [0, 0.1) is 0 Å². The molecular formula is C20H16F6N2O2. The topological polar surface area (TPSA) is 68.2 Å². The number of nitrogens with zero attached hydrogens (tertiary/aromatic N) is 1. The second-order valence-corrected chi connectivity index (χ2v) is 6.91. The summed E-state index contributed by atoms with van der Waals surface area (Å²) in [6, 6.07) is 7.12. The Morgan fingerprint density at radius 1 is 0.967 bits per heavy atom. The SMILES string of the molecule is N[C@H](Cc1cc(C(F)(F)F)cc(C(F)(F)F)c1)Cc1cn(C(=O)O)c2ccccc12. The summed E-state index contributed by atoms with van der Waals surface area (Å²) >= 11 is 0. The smallest absolute Gasteiger partial charge is 0.416 e. The van der Waals surface area contributed by atoms with Gasteiger partial charge in [-0.15, -0.1) is 0 Å². The van der Waals surface area contributed by atoms with Crippen molar-refractivity contribution in [3.8, 4) is 0 Å². The Morgan fingerprint density at radius 2 is 1.53 bits per heavy atom. The number of para-hydroxylation sites is 1. The Kier molecular flexibility index (Phi) is 5.55. The molecule has 0 aliphatic carbocycles. The molecule has 160 valence electrons. The molecule has 0 saturated carbocycles. The van der Waals surface area contributed by atoms with Gasteiger partial charge in [-0.05, 0) is 48.2 Å². The molecule has 1 heterocycles. The number of nitrogens with two attached hydrogens (primary N) is 1. The van der Waals surface area contributed by atoms with E-state index in [1.165, 1.54) is 6.20 Å². The lowest BCUT2D eigenvalue weighted by Gasteiger charge is -2.16. The van der Waals surface area contributed by atoms with Gasteiger partial charge in [0.1, 0.15) is 0 Å². The molecule has 0 radical (unpaired) electrons. The minimum atomic E-state index is -4.94. The van der Waals surface area contributed by atoms with Gasteiger partial charge in [0.05, 0.1) is 16.6 Å². The van der Waals surface area contributed by atoms with Crippen molar-refractivity contribution in [3.05, 3.63) is 70.9 Å². The summed E-state index contributed by atoms with van der Waals surface area (Å²) in [6.45, 7) is 0. The Bertz CT molecular complexity index is 1050. The zero-order valence-corrected chi connectivity index (χ0v) is 15.3. The van der Waals surface area contributed by atoms with Crippen molar-refractivity contribution >= 4 is 17.0 Å². The summed E-state index contributed by atoms with van der Waals surface area (Å²) < 4.78 is 79.1. The minimum Gasteiger partial charge on any atom is -0.464 e. The number of halogens is 6. The number of fused-ring (bicyclic) bond motifs is 1. The maximum Gasteiger partial charge on any atom is 0.416 e. The molecule has 0 amide bonds. The normalized spacial score (nSPS) is 13.6. The van der Waals surface area contributed by atoms with E-state index in [0.717, 1.165) is 4.57 Å². The highest BCUT2D eigenvalue weighted by molar-refractivity contribution is 5.91. The molecule has 1 aromatic heterocycles. The zero-order chi connectivity index (χ0) is 22.3. The van der Waals surface area contributed by atoms with Crippen LogP contribution in [0.3, 0.4) is 0 Å². The number of hydrogen-bond donors (Lipinski definition) is 2. The third kappa shape index (κ3) is 4.59. The lowest BCUT2D eigenvalue weighted by Crippen LogP contribution is -2.26. The molecule has 0 fully saturated rings. The van der Waals surface area contributed by atoms with E-state index in [2.05, 4.69) is 0 Å². The van der Waals surface area contributed by atoms with Gasteiger partial charge in [-0.2, -0.15) is 26.3 Å². The Morgan fingerprint density at radius 3 is 2.07 bits per heavy atom. The average Bonchev–Trinajstić information content (AvgIpc) is 2.99. The van der Waals surface area contributed by atoms with Gasteiger partial charge in [-0.25, -0.2) is 4.79 Å². The van der Waals surface area contributed by atoms with E-state index in [0.29, 0.717) is 28.6 Å². The van der Waals surface area contributed by atoms with Crippen molar-refractivity contribution in [2.75, 3.05) is 0 Å². The average molecular weight is 430 g/mol. The number of carbonyl (C=O) groups is 1. The molecule has 3 rings (SSSR count). The second-order valence-electron chi connectivity index (χ2n) is 6.91. The van der Waals surface area contributed by atoms with Crippen LogP contribution in [0.4, 0.5) is 31.1 Å². The number of hydrogen-bond acceptors (Lipinski definition) is 2. The van der Waals surface area contributed by atoms with Gasteiger partial charge in [0.15, 0.2) is 0 Å². The highest BCUT2D eigenvalue weighted by Gasteiger charge is 2.37. The standard InChI is InChI=1S/C20H16F6N2O2/c21-19(22,23)13-5-11(6-14(9-13)20(24,25)26)7-15(27)8-12-10-28(18(29)30)17-4-2-1-3-16(12)17/h1-6,9-10,15H,7-8,27H2,(H,29,30)/t15-/m1/s1. The molecule has 0 spiro atoms. The van der Waals surface area contributed by atoms with Crippen LogP contribution < -0.4 is 5.73 Å². The van der Waals surface area contributed by atoms with Gasteiger partial charge >= 0.3 is 18.4 Å². The predicted octanol–water partition coefficient (Wildman–Crippen LogP) is 5.32. The first-order valence-electron chi connectivity index (χ1n) is 8.72. The molecular weight excluding hydrogens is 414 g/mol. The first kappa shape index (κ1) is 21.7. The maximum atomic E-state index is 13.0. The second kappa shape index (κ2) is 7.67. The van der Waals surface area contributed by atoms with Crippen LogP contribution in [0.1, 0.15) is 22.3 Å². The molecule has 0 bridgehead atoms. The van der Waals surface area contributed by atoms with Crippen LogP contribution in [-0.4, -0.2) is 21.8 Å². The molecule has 1 atom stereocenters. The minimum absolute atomic E-state index is 0.0650. The summed E-state index contributed by atoms with van der Waals surface area (Å²) in [5, 5.41) is 9.89. The van der Waals surface area contributed by atoms with E-state index >= 15 is 0 Å². The summed E-state index contributed by atoms with van der Waals surface area (Å²) in [6.07, 6.45) is -9.93. The molecule has 10 heteroatoms. The van der Waals surface area contributed by atoms with Crippen LogP contribution in [-0.2, 0) is 25.2 Å². The molecule has 3 N–H and O–H groups in total. The summed E-state index contributed by atoms with van der Waals surface area (Å²) in [7, 11) is 0. The van der Waals surface area contributed by atoms with Crippen LogP contribution in [0.15, 0.2) is 48.7 Å². The monoisotopic (exact) mass is 430 g/mol. The fourth-order valence-corrected chi connectivity index (χ4v) is 3.37. The largest absolute Gasteiger partial charge is 0.464 e. The van der Waals surface area contributed by atoms with E-state index < -0.39 is 35.6 Å². The molecule has 0 aliphatic heterocycles. The number of carboxylic acid groups (broad SMARTS) is 1. The van der Waals surface area contributed by atoms with Crippen molar-refractivity contribution in [1.29, 1.82) is 0 Å². The third-order valence-corrected chi connectivity index (χ3v) is 4.63. The molecule has 30 heavy (non-hydrogen) atoms. The molecule has 3 aromatic rings. The fourth-order valence-electron chi connectivity index (χ4n) is 3.37. The van der Waals surface area contributed by atoms with Gasteiger partial charge in [0.25, 0.3) is 0 Å². The quantitative estimate of drug-likeness (QED) is 0.551. The van der Waals surface area contributed by atoms with Crippen LogP contribution in [0.25, 0.3) is 10.9 Å². The van der Waals surface area contributed by atoms with Crippen LogP contribution in [0.5, 0.6) is 0 Å². The zero-order valence-electron chi connectivity index (χ0n) is 15.3. The van der Waals surface area contributed by atoms with Gasteiger partial charge in [0, 0.05) is 17.6 Å². The summed E-state index contributed by atoms with van der Waals surface area (Å²) in [5.41, 5.74) is 3.95. The predicted molar refractivity (Wildman–Crippen MR) is 97.2 cm³/mol. The van der Waals surface area contributed by atoms with Gasteiger partial charge in [0.2, 0.25) is 0 Å². The maximum absolute atomic E-state index is 13.0. The van der Waals surface area contributed by atoms with E-state index in [-0.39, 0.29) is 24.5 Å². The van der Waals surface area contributed by atoms with E-state index in [4.69, 9.17) is 5.73 Å². The highest BCUT2D eigenvalue weighted by atomic mass is 19.4. The summed E-state index contributed by atoms with van der Waals surface area (Å²) in [5.74, 6) is 0. The van der Waals surface area contributed by atoms with E-state index in [1.807, 2.05) is 0 Å². The molecule has 4 nitrogen and oxygen atoms in total. The highest BCUT2D eigenvalue weighted by Crippen LogP contribution is 2.36. The van der Waals surface area contributed by atoms with Crippen molar-refractivity contribution in [1.82, 2.24) is 4.57 Å². The third-order valence-electron chi connectivity index (χ3n) is 4.63. The number of alkyl halides is 6. The lowest BCUT2D eigenvalue weighted by atomic mass is 9.96. The molecule has 0 unspecified atom stereocenters. The van der Waals surface area contributed by atoms with Crippen molar-refractivity contribution < 1.29 is 36.2 Å². The van der Waals surface area contributed by atoms with Crippen LogP contribution in [0.2, 0.25) is 0 Å². The Labute approximate surface area is 166 Å². The van der Waals surface area contributed by atoms with Crippen molar-refractivity contribution in [3.63, 3.8) is 0 Å². The van der Waals surface area contributed by atoms with Crippen molar-refractivity contribution in [2.24, 2.45) is 5.73 Å². The number of rotatable bonds is 4. The Balaban J connectivity index is 1.91. The first-order chi connectivity index (χ1) is 13.9. The first-order valence-corrected chi connectivity index (χ1v) is 8.72. The van der Waals surface area contributed by atoms with E-state index in [9.17, 15) is 36.2 Å². The number of benzene rings is 2. The molecule has 0 aliphatic rings. The van der Waals surface area contributed by atoms with Gasteiger partial charge in [-0.3, -0.25) is 4.57 Å².